The van der Waals surface area contributed by atoms with E-state index in [1.54, 1.807) is 0 Å². The summed E-state index contributed by atoms with van der Waals surface area (Å²) >= 11 is 1.86. The van der Waals surface area contributed by atoms with Gasteiger partial charge in [0.25, 0.3) is 0 Å². The maximum Gasteiger partial charge on any atom is 0.136 e. The van der Waals surface area contributed by atoms with Crippen molar-refractivity contribution in [2.24, 2.45) is 0 Å². The summed E-state index contributed by atoms with van der Waals surface area (Å²) in [6, 6.07) is 81.2. The molecule has 12 aromatic rings. The Kier molecular flexibility index (Phi) is 8.39. The van der Waals surface area contributed by atoms with Crippen LogP contribution < -0.4 is 4.90 Å². The number of fused-ring (bicyclic) bond motifs is 7. The van der Waals surface area contributed by atoms with E-state index in [9.17, 15) is 0 Å². The van der Waals surface area contributed by atoms with E-state index in [0.29, 0.717) is 0 Å². The molecular formula is C58H37NOS. The smallest absolute Gasteiger partial charge is 0.136 e. The first-order valence-corrected chi connectivity index (χ1v) is 21.6. The molecule has 0 saturated carbocycles. The lowest BCUT2D eigenvalue weighted by Crippen LogP contribution is -2.10. The van der Waals surface area contributed by atoms with Crippen LogP contribution in [0.5, 0.6) is 0 Å². The van der Waals surface area contributed by atoms with Crippen molar-refractivity contribution in [1.29, 1.82) is 0 Å². The fraction of sp³-hybridized carbons (Fsp3) is 0. The molecule has 12 rings (SSSR count). The van der Waals surface area contributed by atoms with Crippen molar-refractivity contribution in [2.45, 2.75) is 0 Å². The fourth-order valence-electron chi connectivity index (χ4n) is 9.20. The van der Waals surface area contributed by atoms with Crippen LogP contribution in [0.15, 0.2) is 229 Å². The monoisotopic (exact) mass is 795 g/mol. The molecule has 2 aromatic heterocycles. The van der Waals surface area contributed by atoms with E-state index < -0.39 is 0 Å². The number of anilines is 3. The molecule has 2 nitrogen and oxygen atoms in total. The van der Waals surface area contributed by atoms with Gasteiger partial charge in [-0.2, -0.15) is 0 Å². The predicted molar refractivity (Wildman–Crippen MR) is 261 cm³/mol. The van der Waals surface area contributed by atoms with Crippen LogP contribution in [0.1, 0.15) is 0 Å². The van der Waals surface area contributed by atoms with Crippen molar-refractivity contribution in [1.82, 2.24) is 0 Å². The number of furan rings is 1. The number of hydrogen-bond acceptors (Lipinski definition) is 3. The van der Waals surface area contributed by atoms with Gasteiger partial charge in [-0.15, -0.1) is 11.3 Å². The third-order valence-corrected chi connectivity index (χ3v) is 13.2. The van der Waals surface area contributed by atoms with Gasteiger partial charge < -0.3 is 9.32 Å². The van der Waals surface area contributed by atoms with Crippen LogP contribution in [0, 0.1) is 0 Å². The second kappa shape index (κ2) is 14.5. The van der Waals surface area contributed by atoms with Gasteiger partial charge >= 0.3 is 0 Å². The third-order valence-electron chi connectivity index (χ3n) is 12.1. The van der Waals surface area contributed by atoms with Crippen LogP contribution in [0.2, 0.25) is 0 Å². The Balaban J connectivity index is 0.948. The molecule has 61 heavy (non-hydrogen) atoms. The lowest BCUT2D eigenvalue weighted by atomic mass is 9.96. The molecule has 0 unspecified atom stereocenters. The lowest BCUT2D eigenvalue weighted by Gasteiger charge is -2.26. The molecule has 0 radical (unpaired) electrons. The van der Waals surface area contributed by atoms with Gasteiger partial charge in [-0.3, -0.25) is 0 Å². The number of rotatable bonds is 7. The first-order valence-electron chi connectivity index (χ1n) is 20.7. The molecule has 0 aliphatic heterocycles. The standard InChI is InChI=1S/C58H37NOS/c1-2-15-47-40(11-1)12-8-18-48(47)41-27-25-38(26-28-41)39-29-33-44(34-30-39)59(45-35-31-42(32-36-45)49-19-9-22-54-57(49)51-16-3-5-21-53(51)60-54)46-14-7-13-43(37-46)50-20-10-24-56-58(50)52-17-4-6-23-55(52)61-56/h1-37H. The largest absolute Gasteiger partial charge is 0.456 e. The van der Waals surface area contributed by atoms with Gasteiger partial charge in [0.15, 0.2) is 0 Å². The molecule has 0 bridgehead atoms. The zero-order valence-corrected chi connectivity index (χ0v) is 33.9. The molecule has 0 saturated heterocycles. The van der Waals surface area contributed by atoms with Crippen LogP contribution in [0.3, 0.4) is 0 Å². The molecule has 0 fully saturated rings. The van der Waals surface area contributed by atoms with Gasteiger partial charge in [0, 0.05) is 48.0 Å². The zero-order chi connectivity index (χ0) is 40.3. The summed E-state index contributed by atoms with van der Waals surface area (Å²) in [6.07, 6.45) is 0. The van der Waals surface area contributed by atoms with Crippen molar-refractivity contribution in [2.75, 3.05) is 4.90 Å². The summed E-state index contributed by atoms with van der Waals surface area (Å²) in [5.41, 5.74) is 14.6. The SMILES string of the molecule is c1cc(-c2cccc3sc4ccccc4c23)cc(N(c2ccc(-c3ccc(-c4cccc5ccccc45)cc3)cc2)c2ccc(-c3cccc4oc5ccccc5c34)cc2)c1. The Morgan fingerprint density at radius 3 is 1.64 bits per heavy atom. The van der Waals surface area contributed by atoms with E-state index in [2.05, 4.69) is 217 Å². The fourth-order valence-corrected chi connectivity index (χ4v) is 10.3. The minimum Gasteiger partial charge on any atom is -0.456 e. The van der Waals surface area contributed by atoms with E-state index >= 15 is 0 Å². The highest BCUT2D eigenvalue weighted by molar-refractivity contribution is 7.25. The van der Waals surface area contributed by atoms with Crippen LogP contribution in [-0.2, 0) is 0 Å². The van der Waals surface area contributed by atoms with Crippen LogP contribution in [0.25, 0.3) is 97.4 Å². The summed E-state index contributed by atoms with van der Waals surface area (Å²) in [7, 11) is 0. The van der Waals surface area contributed by atoms with Gasteiger partial charge in [0.2, 0.25) is 0 Å². The van der Waals surface area contributed by atoms with Gasteiger partial charge in [-0.25, -0.2) is 0 Å². The average molecular weight is 796 g/mol. The Labute approximate surface area is 357 Å². The van der Waals surface area contributed by atoms with E-state index in [0.717, 1.165) is 50.1 Å². The average Bonchev–Trinajstić information content (AvgIpc) is 3.91. The summed E-state index contributed by atoms with van der Waals surface area (Å²) in [5, 5.41) is 7.42. The van der Waals surface area contributed by atoms with Gasteiger partial charge in [0.05, 0.1) is 0 Å². The Morgan fingerprint density at radius 2 is 0.836 bits per heavy atom. The topological polar surface area (TPSA) is 16.4 Å². The first kappa shape index (κ1) is 35.2. The van der Waals surface area contributed by atoms with E-state index in [-0.39, 0.29) is 0 Å². The summed E-state index contributed by atoms with van der Waals surface area (Å²) in [6.45, 7) is 0. The van der Waals surface area contributed by atoms with Crippen LogP contribution in [0.4, 0.5) is 17.1 Å². The number of benzene rings is 10. The highest BCUT2D eigenvalue weighted by Crippen LogP contribution is 2.44. The molecule has 0 spiro atoms. The maximum absolute atomic E-state index is 6.26. The molecule has 0 aliphatic carbocycles. The van der Waals surface area contributed by atoms with Crippen molar-refractivity contribution in [3.63, 3.8) is 0 Å². The zero-order valence-electron chi connectivity index (χ0n) is 33.1. The Morgan fingerprint density at radius 1 is 0.311 bits per heavy atom. The Bertz CT molecular complexity index is 3570. The minimum atomic E-state index is 0.901. The highest BCUT2D eigenvalue weighted by atomic mass is 32.1. The van der Waals surface area contributed by atoms with Crippen molar-refractivity contribution >= 4 is 81.3 Å². The van der Waals surface area contributed by atoms with E-state index in [1.165, 1.54) is 64.3 Å². The number of thiophene rings is 1. The molecule has 10 aromatic carbocycles. The molecule has 2 heterocycles. The summed E-state index contributed by atoms with van der Waals surface area (Å²) in [4.78, 5) is 2.38. The van der Waals surface area contributed by atoms with E-state index in [4.69, 9.17) is 4.42 Å². The molecule has 0 aliphatic rings. The lowest BCUT2D eigenvalue weighted by molar-refractivity contribution is 0.669. The highest BCUT2D eigenvalue weighted by Gasteiger charge is 2.18. The third kappa shape index (κ3) is 6.09. The summed E-state index contributed by atoms with van der Waals surface area (Å²) in [5.74, 6) is 0. The molecule has 3 heteroatoms. The molecular weight excluding hydrogens is 759 g/mol. The second-order valence-corrected chi connectivity index (χ2v) is 16.7. The van der Waals surface area contributed by atoms with Crippen LogP contribution in [-0.4, -0.2) is 0 Å². The molecule has 286 valence electrons. The predicted octanol–water partition coefficient (Wildman–Crippen LogP) is 17.2. The van der Waals surface area contributed by atoms with Crippen molar-refractivity contribution in [3.05, 3.63) is 224 Å². The van der Waals surface area contributed by atoms with E-state index in [1.807, 2.05) is 23.5 Å². The second-order valence-electron chi connectivity index (χ2n) is 15.6. The van der Waals surface area contributed by atoms with Gasteiger partial charge in [0.1, 0.15) is 11.2 Å². The quantitative estimate of drug-likeness (QED) is 0.160. The van der Waals surface area contributed by atoms with Gasteiger partial charge in [-0.1, -0.05) is 164 Å². The van der Waals surface area contributed by atoms with Crippen LogP contribution >= 0.6 is 11.3 Å². The molecule has 0 amide bonds. The number of hydrogen-bond donors (Lipinski definition) is 0. The maximum atomic E-state index is 6.26. The Hall–Kier alpha value is -7.72. The normalized spacial score (nSPS) is 11.6. The van der Waals surface area contributed by atoms with Crippen molar-refractivity contribution in [3.8, 4) is 44.5 Å². The number of para-hydroxylation sites is 1. The first-order chi connectivity index (χ1) is 30.2. The molecule has 0 N–H and O–H groups in total. The minimum absolute atomic E-state index is 0.901. The van der Waals surface area contributed by atoms with Gasteiger partial charge in [-0.05, 0) is 116 Å². The molecule has 0 atom stereocenters. The number of nitrogens with zero attached hydrogens (tertiary/aromatic N) is 1. The van der Waals surface area contributed by atoms with Crippen molar-refractivity contribution < 1.29 is 4.42 Å². The summed E-state index contributed by atoms with van der Waals surface area (Å²) < 4.78 is 8.87.